The van der Waals surface area contributed by atoms with Crippen molar-refractivity contribution in [2.75, 3.05) is 0 Å². The van der Waals surface area contributed by atoms with Crippen LogP contribution in [0.25, 0.3) is 0 Å². The fourth-order valence-corrected chi connectivity index (χ4v) is 3.60. The van der Waals surface area contributed by atoms with Gasteiger partial charge in [0.2, 0.25) is 0 Å². The SMILES string of the molecule is CCCC1CCC(CC(O)c2ccccc2)(C(=O)O)CC1. The second-order valence-electron chi connectivity index (χ2n) is 6.45. The molecule has 1 fully saturated rings. The van der Waals surface area contributed by atoms with Gasteiger partial charge in [0.15, 0.2) is 0 Å². The number of carbonyl (C=O) groups is 1. The van der Waals surface area contributed by atoms with E-state index < -0.39 is 17.5 Å². The number of rotatable bonds is 6. The molecule has 1 saturated carbocycles. The van der Waals surface area contributed by atoms with E-state index in [1.807, 2.05) is 30.3 Å². The van der Waals surface area contributed by atoms with Crippen LogP contribution in [0, 0.1) is 11.3 Å². The lowest BCUT2D eigenvalue weighted by atomic mass is 9.66. The Morgan fingerprint density at radius 2 is 1.90 bits per heavy atom. The molecule has 0 bridgehead atoms. The summed E-state index contributed by atoms with van der Waals surface area (Å²) in [6.07, 6.45) is 5.32. The van der Waals surface area contributed by atoms with Crippen LogP contribution in [-0.2, 0) is 4.79 Å². The lowest BCUT2D eigenvalue weighted by molar-refractivity contribution is -0.154. The van der Waals surface area contributed by atoms with E-state index in [0.717, 1.165) is 24.8 Å². The van der Waals surface area contributed by atoms with Crippen molar-refractivity contribution in [3.8, 4) is 0 Å². The number of aliphatic hydroxyl groups excluding tert-OH is 1. The van der Waals surface area contributed by atoms with E-state index in [-0.39, 0.29) is 0 Å². The topological polar surface area (TPSA) is 57.5 Å². The molecule has 3 heteroatoms. The van der Waals surface area contributed by atoms with Crippen LogP contribution in [0.2, 0.25) is 0 Å². The first-order valence-electron chi connectivity index (χ1n) is 8.04. The van der Waals surface area contributed by atoms with Gasteiger partial charge < -0.3 is 10.2 Å². The van der Waals surface area contributed by atoms with Gasteiger partial charge in [0, 0.05) is 0 Å². The second kappa shape index (κ2) is 7.08. The van der Waals surface area contributed by atoms with Gasteiger partial charge in [-0.1, -0.05) is 50.1 Å². The molecule has 2 rings (SSSR count). The van der Waals surface area contributed by atoms with Crippen molar-refractivity contribution in [2.24, 2.45) is 11.3 Å². The molecule has 3 nitrogen and oxygen atoms in total. The first-order valence-corrected chi connectivity index (χ1v) is 8.04. The largest absolute Gasteiger partial charge is 0.481 e. The molecular formula is C18H26O3. The minimum Gasteiger partial charge on any atom is -0.481 e. The average Bonchev–Trinajstić information content (AvgIpc) is 2.50. The second-order valence-corrected chi connectivity index (χ2v) is 6.45. The summed E-state index contributed by atoms with van der Waals surface area (Å²) in [6.45, 7) is 2.18. The Kier molecular flexibility index (Phi) is 5.40. The Hall–Kier alpha value is -1.35. The Morgan fingerprint density at radius 3 is 2.43 bits per heavy atom. The van der Waals surface area contributed by atoms with Gasteiger partial charge in [-0.15, -0.1) is 0 Å². The van der Waals surface area contributed by atoms with Crippen LogP contribution in [-0.4, -0.2) is 16.2 Å². The summed E-state index contributed by atoms with van der Waals surface area (Å²) in [5.74, 6) is -0.0798. The van der Waals surface area contributed by atoms with Crippen molar-refractivity contribution in [1.29, 1.82) is 0 Å². The van der Waals surface area contributed by atoms with Crippen molar-refractivity contribution in [3.05, 3.63) is 35.9 Å². The summed E-state index contributed by atoms with van der Waals surface area (Å²) >= 11 is 0. The van der Waals surface area contributed by atoms with Crippen LogP contribution in [0.5, 0.6) is 0 Å². The fourth-order valence-electron chi connectivity index (χ4n) is 3.60. The highest BCUT2D eigenvalue weighted by molar-refractivity contribution is 5.74. The Labute approximate surface area is 127 Å². The van der Waals surface area contributed by atoms with Crippen molar-refractivity contribution in [2.45, 2.75) is 58.0 Å². The van der Waals surface area contributed by atoms with E-state index in [1.54, 1.807) is 0 Å². The minimum atomic E-state index is -0.750. The molecule has 1 aromatic carbocycles. The number of hydrogen-bond donors (Lipinski definition) is 2. The van der Waals surface area contributed by atoms with E-state index >= 15 is 0 Å². The molecule has 0 aliphatic heterocycles. The predicted molar refractivity (Wildman–Crippen MR) is 83.0 cm³/mol. The highest BCUT2D eigenvalue weighted by atomic mass is 16.4. The van der Waals surface area contributed by atoms with Crippen LogP contribution in [0.3, 0.4) is 0 Å². The first kappa shape index (κ1) is 16.0. The summed E-state index contributed by atoms with van der Waals surface area (Å²) < 4.78 is 0. The molecule has 1 aliphatic rings. The van der Waals surface area contributed by atoms with Crippen LogP contribution in [0.1, 0.15) is 63.5 Å². The van der Waals surface area contributed by atoms with Gasteiger partial charge in [-0.25, -0.2) is 0 Å². The Balaban J connectivity index is 2.05. The van der Waals surface area contributed by atoms with Crippen molar-refractivity contribution >= 4 is 5.97 Å². The van der Waals surface area contributed by atoms with E-state index in [9.17, 15) is 15.0 Å². The molecule has 116 valence electrons. The molecule has 1 atom stereocenters. The minimum absolute atomic E-state index is 0.325. The van der Waals surface area contributed by atoms with Gasteiger partial charge in [0.05, 0.1) is 11.5 Å². The number of carboxylic acid groups (broad SMARTS) is 1. The standard InChI is InChI=1S/C18H26O3/c1-2-6-14-9-11-18(12-10-14,17(20)21)13-16(19)15-7-4-3-5-8-15/h3-5,7-8,14,16,19H,2,6,9-13H2,1H3,(H,20,21). The fraction of sp³-hybridized carbons (Fsp3) is 0.611. The monoisotopic (exact) mass is 290 g/mol. The third kappa shape index (κ3) is 3.85. The van der Waals surface area contributed by atoms with Gasteiger partial charge in [0.1, 0.15) is 0 Å². The van der Waals surface area contributed by atoms with Gasteiger partial charge in [-0.05, 0) is 43.6 Å². The molecule has 0 aromatic heterocycles. The molecule has 0 heterocycles. The van der Waals surface area contributed by atoms with Gasteiger partial charge in [-0.2, -0.15) is 0 Å². The number of hydrogen-bond acceptors (Lipinski definition) is 2. The van der Waals surface area contributed by atoms with Crippen molar-refractivity contribution in [1.82, 2.24) is 0 Å². The molecule has 1 aromatic rings. The molecule has 1 unspecified atom stereocenters. The molecule has 21 heavy (non-hydrogen) atoms. The molecular weight excluding hydrogens is 264 g/mol. The van der Waals surface area contributed by atoms with E-state index in [2.05, 4.69) is 6.92 Å². The number of benzene rings is 1. The Morgan fingerprint density at radius 1 is 1.29 bits per heavy atom. The molecule has 0 saturated heterocycles. The van der Waals surface area contributed by atoms with Crippen LogP contribution in [0.4, 0.5) is 0 Å². The maximum atomic E-state index is 11.8. The zero-order valence-electron chi connectivity index (χ0n) is 12.8. The summed E-state index contributed by atoms with van der Waals surface area (Å²) in [7, 11) is 0. The molecule has 0 spiro atoms. The lowest BCUT2D eigenvalue weighted by Crippen LogP contribution is -2.37. The molecule has 0 radical (unpaired) electrons. The lowest BCUT2D eigenvalue weighted by Gasteiger charge is -2.38. The van der Waals surface area contributed by atoms with Crippen LogP contribution in [0.15, 0.2) is 30.3 Å². The first-order chi connectivity index (χ1) is 10.1. The highest BCUT2D eigenvalue weighted by Crippen LogP contribution is 2.46. The zero-order chi connectivity index (χ0) is 15.3. The quantitative estimate of drug-likeness (QED) is 0.826. The third-order valence-corrected chi connectivity index (χ3v) is 4.98. The van der Waals surface area contributed by atoms with Gasteiger partial charge >= 0.3 is 5.97 Å². The number of aliphatic hydroxyl groups is 1. The smallest absolute Gasteiger partial charge is 0.309 e. The van der Waals surface area contributed by atoms with Crippen LogP contribution >= 0.6 is 0 Å². The maximum absolute atomic E-state index is 11.8. The molecule has 2 N–H and O–H groups in total. The number of aliphatic carboxylic acids is 1. The Bertz CT molecular complexity index is 447. The maximum Gasteiger partial charge on any atom is 0.309 e. The van der Waals surface area contributed by atoms with Gasteiger partial charge in [-0.3, -0.25) is 4.79 Å². The highest BCUT2D eigenvalue weighted by Gasteiger charge is 2.43. The third-order valence-electron chi connectivity index (χ3n) is 4.98. The number of carboxylic acids is 1. The van der Waals surface area contributed by atoms with E-state index in [4.69, 9.17) is 0 Å². The van der Waals surface area contributed by atoms with E-state index in [1.165, 1.54) is 6.42 Å². The molecule has 1 aliphatic carbocycles. The van der Waals surface area contributed by atoms with Crippen LogP contribution < -0.4 is 0 Å². The summed E-state index contributed by atoms with van der Waals surface area (Å²) in [5.41, 5.74) is 0.0632. The summed E-state index contributed by atoms with van der Waals surface area (Å²) in [5, 5.41) is 20.1. The average molecular weight is 290 g/mol. The predicted octanol–water partition coefficient (Wildman–Crippen LogP) is 4.17. The van der Waals surface area contributed by atoms with E-state index in [0.29, 0.717) is 25.2 Å². The van der Waals surface area contributed by atoms with Crippen molar-refractivity contribution in [3.63, 3.8) is 0 Å². The zero-order valence-corrected chi connectivity index (χ0v) is 12.8. The van der Waals surface area contributed by atoms with Crippen molar-refractivity contribution < 1.29 is 15.0 Å². The molecule has 0 amide bonds. The van der Waals surface area contributed by atoms with Gasteiger partial charge in [0.25, 0.3) is 0 Å². The normalized spacial score (nSPS) is 27.2. The summed E-state index contributed by atoms with van der Waals surface area (Å²) in [4.78, 5) is 11.8. The summed E-state index contributed by atoms with van der Waals surface area (Å²) in [6, 6.07) is 9.39.